The van der Waals surface area contributed by atoms with Crippen LogP contribution < -0.4 is 4.74 Å². The van der Waals surface area contributed by atoms with E-state index >= 15 is 0 Å². The van der Waals surface area contributed by atoms with E-state index < -0.39 is 35.0 Å². The Labute approximate surface area is 165 Å². The first-order valence-electron chi connectivity index (χ1n) is 8.67. The maximum atomic E-state index is 12.7. The van der Waals surface area contributed by atoms with Crippen molar-refractivity contribution in [3.63, 3.8) is 0 Å². The summed E-state index contributed by atoms with van der Waals surface area (Å²) < 4.78 is 5.07. The number of non-ortho nitro benzene ring substituents is 1. The molecule has 0 saturated carbocycles. The van der Waals surface area contributed by atoms with Crippen LogP contribution in [0.5, 0.6) is 5.75 Å². The summed E-state index contributed by atoms with van der Waals surface area (Å²) in [7, 11) is 1.48. The molecule has 2 aromatic rings. The molecule has 0 radical (unpaired) electrons. The molecule has 1 aliphatic heterocycles. The number of β-amino-alcohol motifs (C(OH)–C–C–N with tert-alkyl or cyclic N) is 1. The Bertz CT molecular complexity index is 998. The van der Waals surface area contributed by atoms with Crippen molar-refractivity contribution in [2.24, 2.45) is 0 Å². The predicted molar refractivity (Wildman–Crippen MR) is 102 cm³/mol. The average molecular weight is 398 g/mol. The first kappa shape index (κ1) is 20.0. The molecule has 1 fully saturated rings. The quantitative estimate of drug-likeness (QED) is 0.250. The molecule has 0 bridgehead atoms. The minimum atomic E-state index is -1.07. The highest BCUT2D eigenvalue weighted by atomic mass is 16.6. The number of aliphatic hydroxyl groups is 2. The van der Waals surface area contributed by atoms with Gasteiger partial charge in [-0.1, -0.05) is 12.1 Å². The normalized spacial score (nSPS) is 18.1. The van der Waals surface area contributed by atoms with Crippen LogP contribution in [0.15, 0.2) is 54.1 Å². The number of benzene rings is 2. The second-order valence-corrected chi connectivity index (χ2v) is 6.30. The van der Waals surface area contributed by atoms with Gasteiger partial charge in [-0.25, -0.2) is 0 Å². The molecular formula is C20H18N2O7. The van der Waals surface area contributed by atoms with Crippen molar-refractivity contribution in [2.75, 3.05) is 20.3 Å². The summed E-state index contributed by atoms with van der Waals surface area (Å²) >= 11 is 0. The van der Waals surface area contributed by atoms with E-state index in [1.807, 2.05) is 0 Å². The third-order valence-corrected chi connectivity index (χ3v) is 4.64. The first-order chi connectivity index (χ1) is 13.9. The van der Waals surface area contributed by atoms with E-state index in [2.05, 4.69) is 0 Å². The number of aliphatic hydroxyl groups excluding tert-OH is 2. The lowest BCUT2D eigenvalue weighted by Crippen LogP contribution is -2.32. The van der Waals surface area contributed by atoms with Gasteiger partial charge in [0.25, 0.3) is 17.4 Å². The topological polar surface area (TPSA) is 130 Å². The van der Waals surface area contributed by atoms with Crippen molar-refractivity contribution in [2.45, 2.75) is 6.04 Å². The summed E-state index contributed by atoms with van der Waals surface area (Å²) in [5.74, 6) is -1.70. The van der Waals surface area contributed by atoms with Gasteiger partial charge in [0.15, 0.2) is 0 Å². The van der Waals surface area contributed by atoms with Gasteiger partial charge in [0.1, 0.15) is 11.5 Å². The molecular weight excluding hydrogens is 380 g/mol. The Kier molecular flexibility index (Phi) is 5.60. The highest BCUT2D eigenvalue weighted by Crippen LogP contribution is 2.40. The van der Waals surface area contributed by atoms with Gasteiger partial charge in [-0.05, 0) is 29.8 Å². The van der Waals surface area contributed by atoms with Gasteiger partial charge in [-0.2, -0.15) is 0 Å². The summed E-state index contributed by atoms with van der Waals surface area (Å²) in [6, 6.07) is 10.6. The van der Waals surface area contributed by atoms with Crippen LogP contribution in [0.3, 0.4) is 0 Å². The second-order valence-electron chi connectivity index (χ2n) is 6.30. The Hall–Kier alpha value is -3.72. The zero-order valence-corrected chi connectivity index (χ0v) is 15.4. The number of nitrogens with zero attached hydrogens (tertiary/aromatic N) is 2. The molecule has 9 heteroatoms. The van der Waals surface area contributed by atoms with Gasteiger partial charge in [-0.3, -0.25) is 19.7 Å². The fourth-order valence-electron chi connectivity index (χ4n) is 3.28. The standard InChI is InChI=1S/C20H18N2O7/c1-29-15-7-5-12(6-8-15)18(24)16-17(21(9-10-23)20(26)19(16)25)13-3-2-4-14(11-13)22(27)28/h2-8,11,17,23-24H,9-10H2,1H3. The molecule has 9 nitrogen and oxygen atoms in total. The molecule has 150 valence electrons. The van der Waals surface area contributed by atoms with Crippen molar-refractivity contribution < 1.29 is 29.5 Å². The van der Waals surface area contributed by atoms with E-state index in [9.17, 15) is 29.9 Å². The fraction of sp³-hybridized carbons (Fsp3) is 0.200. The highest BCUT2D eigenvalue weighted by molar-refractivity contribution is 6.46. The number of methoxy groups -OCH3 is 1. The minimum Gasteiger partial charge on any atom is -0.507 e. The van der Waals surface area contributed by atoms with E-state index in [-0.39, 0.29) is 28.9 Å². The number of nitro groups is 1. The molecule has 3 rings (SSSR count). The molecule has 0 spiro atoms. The summed E-state index contributed by atoms with van der Waals surface area (Å²) in [6.07, 6.45) is 0. The van der Waals surface area contributed by atoms with Gasteiger partial charge in [0.05, 0.1) is 30.3 Å². The number of nitro benzene ring substituents is 1. The fourth-order valence-corrected chi connectivity index (χ4v) is 3.28. The maximum Gasteiger partial charge on any atom is 0.295 e. The summed E-state index contributed by atoms with van der Waals surface area (Å²) in [5, 5.41) is 31.3. The van der Waals surface area contributed by atoms with Crippen molar-refractivity contribution in [3.05, 3.63) is 75.3 Å². The maximum absolute atomic E-state index is 12.7. The number of carbonyl (C=O) groups is 2. The number of rotatable bonds is 6. The van der Waals surface area contributed by atoms with Crippen LogP contribution in [-0.2, 0) is 9.59 Å². The first-order valence-corrected chi connectivity index (χ1v) is 8.67. The molecule has 1 aliphatic rings. The number of Topliss-reactive ketones (excluding diaryl/α,β-unsaturated/α-hetero) is 1. The van der Waals surface area contributed by atoms with Crippen LogP contribution in [-0.4, -0.2) is 52.0 Å². The third-order valence-electron chi connectivity index (χ3n) is 4.64. The van der Waals surface area contributed by atoms with E-state index in [0.29, 0.717) is 5.75 Å². The number of likely N-dealkylation sites (tertiary alicyclic amines) is 1. The van der Waals surface area contributed by atoms with Crippen molar-refractivity contribution in [3.8, 4) is 5.75 Å². The number of ether oxygens (including phenoxy) is 1. The van der Waals surface area contributed by atoms with Gasteiger partial charge < -0.3 is 19.8 Å². The number of hydrogen-bond acceptors (Lipinski definition) is 7. The van der Waals surface area contributed by atoms with Crippen LogP contribution in [0.4, 0.5) is 5.69 Å². The average Bonchev–Trinajstić information content (AvgIpc) is 2.98. The molecule has 1 amide bonds. The molecule has 1 heterocycles. The summed E-state index contributed by atoms with van der Waals surface area (Å²) in [4.78, 5) is 36.8. The largest absolute Gasteiger partial charge is 0.507 e. The van der Waals surface area contributed by atoms with Crippen LogP contribution in [0, 0.1) is 10.1 Å². The SMILES string of the molecule is COc1ccc(C(O)=C2C(=O)C(=O)N(CCO)C2c2cccc([N+](=O)[O-])c2)cc1. The van der Waals surface area contributed by atoms with Crippen LogP contribution in [0.25, 0.3) is 5.76 Å². The van der Waals surface area contributed by atoms with Crippen molar-refractivity contribution in [1.29, 1.82) is 0 Å². The smallest absolute Gasteiger partial charge is 0.295 e. The minimum absolute atomic E-state index is 0.169. The molecule has 2 N–H and O–H groups in total. The zero-order valence-electron chi connectivity index (χ0n) is 15.4. The zero-order chi connectivity index (χ0) is 21.1. The third kappa shape index (κ3) is 3.67. The summed E-state index contributed by atoms with van der Waals surface area (Å²) in [6.45, 7) is -0.585. The van der Waals surface area contributed by atoms with Crippen LogP contribution in [0.1, 0.15) is 17.2 Å². The number of amides is 1. The lowest BCUT2D eigenvalue weighted by atomic mass is 9.95. The molecule has 2 aromatic carbocycles. The number of hydrogen-bond donors (Lipinski definition) is 2. The van der Waals surface area contributed by atoms with Gasteiger partial charge in [0, 0.05) is 24.2 Å². The predicted octanol–water partition coefficient (Wildman–Crippen LogP) is 2.02. The monoisotopic (exact) mass is 398 g/mol. The lowest BCUT2D eigenvalue weighted by molar-refractivity contribution is -0.384. The second kappa shape index (κ2) is 8.11. The molecule has 1 saturated heterocycles. The number of carbonyl (C=O) groups excluding carboxylic acids is 2. The van der Waals surface area contributed by atoms with Crippen LogP contribution in [0.2, 0.25) is 0 Å². The molecule has 0 aromatic heterocycles. The molecule has 1 atom stereocenters. The molecule has 1 unspecified atom stereocenters. The van der Waals surface area contributed by atoms with Crippen LogP contribution >= 0.6 is 0 Å². The van der Waals surface area contributed by atoms with Crippen molar-refractivity contribution >= 4 is 23.1 Å². The Balaban J connectivity index is 2.18. The van der Waals surface area contributed by atoms with E-state index in [1.165, 1.54) is 43.5 Å². The van der Waals surface area contributed by atoms with Gasteiger partial charge in [0.2, 0.25) is 0 Å². The summed E-state index contributed by atoms with van der Waals surface area (Å²) in [5.41, 5.74) is 0.140. The lowest BCUT2D eigenvalue weighted by Gasteiger charge is -2.24. The molecule has 0 aliphatic carbocycles. The molecule has 29 heavy (non-hydrogen) atoms. The van der Waals surface area contributed by atoms with E-state index in [1.54, 1.807) is 12.1 Å². The Morgan fingerprint density at radius 3 is 2.48 bits per heavy atom. The highest BCUT2D eigenvalue weighted by Gasteiger charge is 2.46. The van der Waals surface area contributed by atoms with Gasteiger partial charge >= 0.3 is 0 Å². The Morgan fingerprint density at radius 1 is 1.21 bits per heavy atom. The van der Waals surface area contributed by atoms with Gasteiger partial charge in [-0.15, -0.1) is 0 Å². The van der Waals surface area contributed by atoms with E-state index in [0.717, 1.165) is 4.90 Å². The number of ketones is 1. The van der Waals surface area contributed by atoms with Crippen molar-refractivity contribution in [1.82, 2.24) is 4.90 Å². The van der Waals surface area contributed by atoms with E-state index in [4.69, 9.17) is 4.74 Å². The Morgan fingerprint density at radius 2 is 1.90 bits per heavy atom.